The van der Waals surface area contributed by atoms with Crippen LogP contribution in [0.2, 0.25) is 5.02 Å². The molecule has 7 heteroatoms. The van der Waals surface area contributed by atoms with Crippen LogP contribution in [0.15, 0.2) is 48.5 Å². The number of rotatable bonds is 2. The maximum atomic E-state index is 12.8. The van der Waals surface area contributed by atoms with Gasteiger partial charge in [-0.3, -0.25) is 24.3 Å². The molecule has 1 aliphatic heterocycles. The van der Waals surface area contributed by atoms with Crippen LogP contribution in [0.5, 0.6) is 5.75 Å². The van der Waals surface area contributed by atoms with Crippen LogP contribution < -0.4 is 10.1 Å². The number of halogens is 1. The van der Waals surface area contributed by atoms with Crippen molar-refractivity contribution < 1.29 is 19.1 Å². The Morgan fingerprint density at radius 3 is 2.40 bits per heavy atom. The molecule has 0 saturated heterocycles. The van der Waals surface area contributed by atoms with Crippen LogP contribution in [0, 0.1) is 0 Å². The number of imide groups is 1. The van der Waals surface area contributed by atoms with E-state index < -0.39 is 11.8 Å². The van der Waals surface area contributed by atoms with Gasteiger partial charge in [-0.25, -0.2) is 0 Å². The van der Waals surface area contributed by atoms with E-state index in [-0.39, 0.29) is 17.0 Å². The zero-order valence-corrected chi connectivity index (χ0v) is 16.8. The zero-order chi connectivity index (χ0) is 21.2. The molecule has 1 aromatic heterocycles. The van der Waals surface area contributed by atoms with Gasteiger partial charge in [-0.05, 0) is 35.9 Å². The van der Waals surface area contributed by atoms with Gasteiger partial charge in [-0.2, -0.15) is 0 Å². The molecule has 0 saturated carbocycles. The van der Waals surface area contributed by atoms with Gasteiger partial charge in [0.05, 0.1) is 29.3 Å². The minimum absolute atomic E-state index is 0.213. The highest BCUT2D eigenvalue weighted by molar-refractivity contribution is 6.36. The Balaban J connectivity index is 2.05. The van der Waals surface area contributed by atoms with Crippen LogP contribution in [-0.4, -0.2) is 29.4 Å². The van der Waals surface area contributed by atoms with Gasteiger partial charge >= 0.3 is 0 Å². The lowest BCUT2D eigenvalue weighted by Gasteiger charge is -2.11. The first kappa shape index (κ1) is 18.4. The van der Waals surface area contributed by atoms with Crippen molar-refractivity contribution in [2.45, 2.75) is 6.92 Å². The van der Waals surface area contributed by atoms with Gasteiger partial charge in [0.15, 0.2) is 0 Å². The summed E-state index contributed by atoms with van der Waals surface area (Å²) >= 11 is 6.41. The highest BCUT2D eigenvalue weighted by atomic mass is 35.5. The summed E-state index contributed by atoms with van der Waals surface area (Å²) in [6, 6.07) is 14.1. The lowest BCUT2D eigenvalue weighted by molar-refractivity contribution is 0.0878. The van der Waals surface area contributed by atoms with E-state index in [1.165, 1.54) is 6.92 Å². The first-order valence-corrected chi connectivity index (χ1v) is 9.61. The number of hydrogen-bond acceptors (Lipinski definition) is 4. The topological polar surface area (TPSA) is 77.4 Å². The molecule has 1 aliphatic rings. The quantitative estimate of drug-likeness (QED) is 0.480. The number of benzene rings is 3. The third-order valence-electron chi connectivity index (χ3n) is 5.42. The van der Waals surface area contributed by atoms with Crippen molar-refractivity contribution in [1.29, 1.82) is 0 Å². The summed E-state index contributed by atoms with van der Waals surface area (Å²) in [5, 5.41) is 4.03. The molecule has 0 atom stereocenters. The highest BCUT2D eigenvalue weighted by Crippen LogP contribution is 2.42. The van der Waals surface area contributed by atoms with E-state index in [9.17, 15) is 14.4 Å². The fraction of sp³-hybridized carbons (Fsp3) is 0.0870. The minimum atomic E-state index is -0.501. The molecule has 0 bridgehead atoms. The Labute approximate surface area is 176 Å². The first-order valence-electron chi connectivity index (χ1n) is 9.23. The van der Waals surface area contributed by atoms with Crippen LogP contribution in [-0.2, 0) is 0 Å². The number of amides is 2. The van der Waals surface area contributed by atoms with E-state index >= 15 is 0 Å². The van der Waals surface area contributed by atoms with Gasteiger partial charge in [-0.1, -0.05) is 29.8 Å². The molecule has 0 fully saturated rings. The summed E-state index contributed by atoms with van der Waals surface area (Å²) in [6.07, 6.45) is 0. The number of methoxy groups -OCH3 is 1. The standard InChI is InChI=1S/C23H15ClN2O4/c1-11(27)26-17-8-7-12(30-2)9-15(17)19-18(26)10-14(13-5-3-4-6-16(13)24)20-21(19)23(29)25-22(20)28/h3-10H,1-2H3,(H,25,28,29). The smallest absolute Gasteiger partial charge is 0.259 e. The second-order valence-corrected chi connectivity index (χ2v) is 7.48. The third-order valence-corrected chi connectivity index (χ3v) is 5.75. The first-order chi connectivity index (χ1) is 14.4. The summed E-state index contributed by atoms with van der Waals surface area (Å²) < 4.78 is 6.88. The molecule has 0 unspecified atom stereocenters. The summed E-state index contributed by atoms with van der Waals surface area (Å²) in [5.41, 5.74) is 2.77. The number of carbonyl (C=O) groups is 3. The maximum absolute atomic E-state index is 12.8. The third kappa shape index (κ3) is 2.40. The molecule has 0 spiro atoms. The number of nitrogens with zero attached hydrogens (tertiary/aromatic N) is 1. The van der Waals surface area contributed by atoms with Crippen LogP contribution in [0.25, 0.3) is 32.9 Å². The average Bonchev–Trinajstić information content (AvgIpc) is 3.21. The number of hydrogen-bond donors (Lipinski definition) is 1. The van der Waals surface area contributed by atoms with Crippen molar-refractivity contribution in [3.63, 3.8) is 0 Å². The summed E-state index contributed by atoms with van der Waals surface area (Å²) in [4.78, 5) is 38.2. The van der Waals surface area contributed by atoms with Gasteiger partial charge < -0.3 is 4.74 Å². The predicted molar refractivity (Wildman–Crippen MR) is 115 cm³/mol. The summed E-state index contributed by atoms with van der Waals surface area (Å²) in [5.74, 6) is -0.619. The molecule has 2 amide bonds. The molecule has 0 aliphatic carbocycles. The monoisotopic (exact) mass is 418 g/mol. The Hall–Kier alpha value is -3.64. The van der Waals surface area contributed by atoms with Crippen LogP contribution in [0.3, 0.4) is 0 Å². The van der Waals surface area contributed by atoms with E-state index in [1.807, 2.05) is 0 Å². The van der Waals surface area contributed by atoms with Crippen LogP contribution in [0.4, 0.5) is 0 Å². The van der Waals surface area contributed by atoms with E-state index in [2.05, 4.69) is 5.32 Å². The second kappa shape index (κ2) is 6.43. The van der Waals surface area contributed by atoms with E-state index in [0.29, 0.717) is 43.7 Å². The molecule has 2 heterocycles. The van der Waals surface area contributed by atoms with E-state index in [4.69, 9.17) is 16.3 Å². The molecule has 3 aromatic carbocycles. The van der Waals surface area contributed by atoms with Crippen LogP contribution in [0.1, 0.15) is 32.4 Å². The van der Waals surface area contributed by atoms with Crippen molar-refractivity contribution in [2.24, 2.45) is 0 Å². The number of aromatic nitrogens is 1. The molecular weight excluding hydrogens is 404 g/mol. The van der Waals surface area contributed by atoms with Crippen molar-refractivity contribution in [3.8, 4) is 16.9 Å². The van der Waals surface area contributed by atoms with Crippen LogP contribution >= 0.6 is 11.6 Å². The Bertz CT molecular complexity index is 1430. The normalized spacial score (nSPS) is 13.0. The van der Waals surface area contributed by atoms with E-state index in [1.54, 1.807) is 60.2 Å². The minimum Gasteiger partial charge on any atom is -0.497 e. The highest BCUT2D eigenvalue weighted by Gasteiger charge is 2.35. The molecule has 148 valence electrons. The molecule has 0 radical (unpaired) electrons. The Morgan fingerprint density at radius 1 is 0.967 bits per heavy atom. The number of fused-ring (bicyclic) bond motifs is 5. The average molecular weight is 419 g/mol. The maximum Gasteiger partial charge on any atom is 0.259 e. The fourth-order valence-corrected chi connectivity index (χ4v) is 4.44. The molecule has 5 rings (SSSR count). The number of nitrogens with one attached hydrogen (secondary N) is 1. The van der Waals surface area contributed by atoms with Gasteiger partial charge in [0.1, 0.15) is 5.75 Å². The molecule has 30 heavy (non-hydrogen) atoms. The summed E-state index contributed by atoms with van der Waals surface area (Å²) in [6.45, 7) is 1.46. The van der Waals surface area contributed by atoms with Crippen molar-refractivity contribution in [1.82, 2.24) is 9.88 Å². The van der Waals surface area contributed by atoms with Gasteiger partial charge in [0, 0.05) is 28.3 Å². The zero-order valence-electron chi connectivity index (χ0n) is 16.1. The SMILES string of the molecule is COc1ccc2c(c1)c1c3c(c(-c4ccccc4Cl)cc1n2C(C)=O)C(=O)NC3=O. The predicted octanol–water partition coefficient (Wildman–Crippen LogP) is 4.67. The lowest BCUT2D eigenvalue weighted by atomic mass is 9.93. The van der Waals surface area contributed by atoms with E-state index in [0.717, 1.165) is 0 Å². The van der Waals surface area contributed by atoms with Crippen molar-refractivity contribution in [3.05, 3.63) is 64.7 Å². The van der Waals surface area contributed by atoms with Gasteiger partial charge in [-0.15, -0.1) is 0 Å². The summed E-state index contributed by atoms with van der Waals surface area (Å²) in [7, 11) is 1.54. The fourth-order valence-electron chi connectivity index (χ4n) is 4.21. The number of carbonyl (C=O) groups excluding carboxylic acids is 3. The van der Waals surface area contributed by atoms with Gasteiger partial charge in [0.2, 0.25) is 5.91 Å². The molecule has 6 nitrogen and oxygen atoms in total. The Kier molecular flexibility index (Phi) is 3.95. The molecule has 1 N–H and O–H groups in total. The Morgan fingerprint density at radius 2 is 1.70 bits per heavy atom. The van der Waals surface area contributed by atoms with Gasteiger partial charge in [0.25, 0.3) is 11.8 Å². The number of ether oxygens (including phenoxy) is 1. The second-order valence-electron chi connectivity index (χ2n) is 7.07. The van der Waals surface area contributed by atoms with Crippen molar-refractivity contribution >= 4 is 51.1 Å². The molecular formula is C23H15ClN2O4. The largest absolute Gasteiger partial charge is 0.497 e. The lowest BCUT2D eigenvalue weighted by Crippen LogP contribution is -2.20. The molecule has 4 aromatic rings. The van der Waals surface area contributed by atoms with Crippen molar-refractivity contribution in [2.75, 3.05) is 7.11 Å².